The lowest BCUT2D eigenvalue weighted by atomic mass is 10.1. The van der Waals surface area contributed by atoms with E-state index in [-0.39, 0.29) is 5.91 Å². The SMILES string of the molecule is CN(Cc1ccccc1)C(=O)c1cc(Br)ccc1Cl. The van der Waals surface area contributed by atoms with E-state index in [1.54, 1.807) is 24.1 Å². The number of carbonyl (C=O) groups excluding carboxylic acids is 1. The van der Waals surface area contributed by atoms with Crippen molar-refractivity contribution in [3.63, 3.8) is 0 Å². The van der Waals surface area contributed by atoms with Crippen molar-refractivity contribution in [1.29, 1.82) is 0 Å². The summed E-state index contributed by atoms with van der Waals surface area (Å²) in [6.07, 6.45) is 0. The van der Waals surface area contributed by atoms with Gasteiger partial charge in [0.15, 0.2) is 0 Å². The predicted molar refractivity (Wildman–Crippen MR) is 81.4 cm³/mol. The average Bonchev–Trinajstić information content (AvgIpc) is 2.42. The number of halogens is 2. The van der Waals surface area contributed by atoms with Gasteiger partial charge in [-0.1, -0.05) is 57.9 Å². The lowest BCUT2D eigenvalue weighted by Gasteiger charge is -2.18. The molecule has 0 aromatic heterocycles. The first kappa shape index (κ1) is 14.1. The first-order valence-corrected chi connectivity index (χ1v) is 6.99. The summed E-state index contributed by atoms with van der Waals surface area (Å²) in [5.74, 6) is -0.0878. The van der Waals surface area contributed by atoms with E-state index in [0.29, 0.717) is 17.1 Å². The number of hydrogen-bond acceptors (Lipinski definition) is 1. The largest absolute Gasteiger partial charge is 0.337 e. The second-order valence-electron chi connectivity index (χ2n) is 4.27. The van der Waals surface area contributed by atoms with Gasteiger partial charge in [-0.05, 0) is 23.8 Å². The summed E-state index contributed by atoms with van der Waals surface area (Å²) in [7, 11) is 1.77. The molecular formula is C15H13BrClNO. The summed E-state index contributed by atoms with van der Waals surface area (Å²) >= 11 is 9.42. The maximum Gasteiger partial charge on any atom is 0.255 e. The van der Waals surface area contributed by atoms with Crippen molar-refractivity contribution in [3.8, 4) is 0 Å². The summed E-state index contributed by atoms with van der Waals surface area (Å²) in [5, 5.41) is 0.466. The van der Waals surface area contributed by atoms with Crippen LogP contribution in [0.15, 0.2) is 53.0 Å². The van der Waals surface area contributed by atoms with Crippen molar-refractivity contribution in [2.75, 3.05) is 7.05 Å². The minimum atomic E-state index is -0.0878. The van der Waals surface area contributed by atoms with Crippen LogP contribution in [0, 0.1) is 0 Å². The minimum Gasteiger partial charge on any atom is -0.337 e. The van der Waals surface area contributed by atoms with Crippen molar-refractivity contribution < 1.29 is 4.79 Å². The van der Waals surface area contributed by atoms with Gasteiger partial charge in [0.1, 0.15) is 0 Å². The van der Waals surface area contributed by atoms with E-state index in [1.165, 1.54) is 0 Å². The van der Waals surface area contributed by atoms with Crippen LogP contribution in [-0.4, -0.2) is 17.9 Å². The molecule has 0 unspecified atom stereocenters. The van der Waals surface area contributed by atoms with Crippen LogP contribution in [0.25, 0.3) is 0 Å². The lowest BCUT2D eigenvalue weighted by molar-refractivity contribution is 0.0785. The molecule has 4 heteroatoms. The van der Waals surface area contributed by atoms with Crippen LogP contribution in [0.5, 0.6) is 0 Å². The number of carbonyl (C=O) groups is 1. The molecule has 0 heterocycles. The fraction of sp³-hybridized carbons (Fsp3) is 0.133. The summed E-state index contributed by atoms with van der Waals surface area (Å²) in [6.45, 7) is 0.558. The molecular weight excluding hydrogens is 326 g/mol. The van der Waals surface area contributed by atoms with E-state index < -0.39 is 0 Å². The Hall–Kier alpha value is -1.32. The van der Waals surface area contributed by atoms with Gasteiger partial charge in [-0.15, -0.1) is 0 Å². The molecule has 1 amide bonds. The van der Waals surface area contributed by atoms with Crippen molar-refractivity contribution in [1.82, 2.24) is 4.90 Å². The van der Waals surface area contributed by atoms with Crippen molar-refractivity contribution in [3.05, 3.63) is 69.2 Å². The van der Waals surface area contributed by atoms with Gasteiger partial charge in [0.2, 0.25) is 0 Å². The highest BCUT2D eigenvalue weighted by Crippen LogP contribution is 2.22. The second kappa shape index (κ2) is 6.22. The summed E-state index contributed by atoms with van der Waals surface area (Å²) < 4.78 is 0.841. The molecule has 0 radical (unpaired) electrons. The third kappa shape index (κ3) is 3.58. The fourth-order valence-corrected chi connectivity index (χ4v) is 2.36. The highest BCUT2D eigenvalue weighted by Gasteiger charge is 2.15. The van der Waals surface area contributed by atoms with Gasteiger partial charge in [-0.25, -0.2) is 0 Å². The third-order valence-corrected chi connectivity index (χ3v) is 3.59. The van der Waals surface area contributed by atoms with Crippen molar-refractivity contribution in [2.45, 2.75) is 6.54 Å². The van der Waals surface area contributed by atoms with Gasteiger partial charge in [0.05, 0.1) is 10.6 Å². The topological polar surface area (TPSA) is 20.3 Å². The van der Waals surface area contributed by atoms with Crippen molar-refractivity contribution >= 4 is 33.4 Å². The molecule has 98 valence electrons. The maximum absolute atomic E-state index is 12.3. The molecule has 0 bridgehead atoms. The third-order valence-electron chi connectivity index (χ3n) is 2.77. The van der Waals surface area contributed by atoms with E-state index in [1.807, 2.05) is 36.4 Å². The van der Waals surface area contributed by atoms with Gasteiger partial charge in [-0.2, -0.15) is 0 Å². The summed E-state index contributed by atoms with van der Waals surface area (Å²) in [6, 6.07) is 15.1. The fourth-order valence-electron chi connectivity index (χ4n) is 1.80. The zero-order chi connectivity index (χ0) is 13.8. The zero-order valence-corrected chi connectivity index (χ0v) is 12.8. The van der Waals surface area contributed by atoms with E-state index >= 15 is 0 Å². The number of nitrogens with zero attached hydrogens (tertiary/aromatic N) is 1. The second-order valence-corrected chi connectivity index (χ2v) is 5.59. The van der Waals surface area contributed by atoms with Gasteiger partial charge in [-0.3, -0.25) is 4.79 Å². The van der Waals surface area contributed by atoms with Gasteiger partial charge >= 0.3 is 0 Å². The zero-order valence-electron chi connectivity index (χ0n) is 10.4. The molecule has 2 nitrogen and oxygen atoms in total. The Labute approximate surface area is 126 Å². The molecule has 0 aliphatic heterocycles. The van der Waals surface area contributed by atoms with Crippen LogP contribution >= 0.6 is 27.5 Å². The Morgan fingerprint density at radius 2 is 1.89 bits per heavy atom. The van der Waals surface area contributed by atoms with Gasteiger partial charge in [0, 0.05) is 18.1 Å². The first-order valence-electron chi connectivity index (χ1n) is 5.82. The molecule has 0 atom stereocenters. The van der Waals surface area contributed by atoms with Gasteiger partial charge < -0.3 is 4.90 Å². The standard InChI is InChI=1S/C15H13BrClNO/c1-18(10-11-5-3-2-4-6-11)15(19)13-9-12(16)7-8-14(13)17/h2-9H,10H2,1H3. The number of rotatable bonds is 3. The van der Waals surface area contributed by atoms with E-state index in [2.05, 4.69) is 15.9 Å². The van der Waals surface area contributed by atoms with Crippen LogP contribution in [-0.2, 0) is 6.54 Å². The number of benzene rings is 2. The smallest absolute Gasteiger partial charge is 0.255 e. The molecule has 0 fully saturated rings. The van der Waals surface area contributed by atoms with Crippen LogP contribution in [0.1, 0.15) is 15.9 Å². The average molecular weight is 339 g/mol. The highest BCUT2D eigenvalue weighted by molar-refractivity contribution is 9.10. The van der Waals surface area contributed by atoms with E-state index in [4.69, 9.17) is 11.6 Å². The quantitative estimate of drug-likeness (QED) is 0.813. The maximum atomic E-state index is 12.3. The van der Waals surface area contributed by atoms with E-state index in [9.17, 15) is 4.79 Å². The Kier molecular flexibility index (Phi) is 4.61. The van der Waals surface area contributed by atoms with Crippen LogP contribution in [0.4, 0.5) is 0 Å². The molecule has 0 aliphatic carbocycles. The van der Waals surface area contributed by atoms with Crippen LogP contribution in [0.3, 0.4) is 0 Å². The molecule has 2 aromatic carbocycles. The molecule has 0 saturated heterocycles. The highest BCUT2D eigenvalue weighted by atomic mass is 79.9. The predicted octanol–water partition coefficient (Wildman–Crippen LogP) is 4.37. The summed E-state index contributed by atoms with van der Waals surface area (Å²) in [4.78, 5) is 14.0. The molecule has 0 aliphatic rings. The molecule has 0 spiro atoms. The molecule has 2 aromatic rings. The summed E-state index contributed by atoms with van der Waals surface area (Å²) in [5.41, 5.74) is 1.60. The number of hydrogen-bond donors (Lipinski definition) is 0. The van der Waals surface area contributed by atoms with Crippen LogP contribution < -0.4 is 0 Å². The normalized spacial score (nSPS) is 10.3. The molecule has 19 heavy (non-hydrogen) atoms. The van der Waals surface area contributed by atoms with E-state index in [0.717, 1.165) is 10.0 Å². The Bertz CT molecular complexity index is 586. The van der Waals surface area contributed by atoms with Crippen LogP contribution in [0.2, 0.25) is 5.02 Å². The Morgan fingerprint density at radius 1 is 1.21 bits per heavy atom. The molecule has 2 rings (SSSR count). The van der Waals surface area contributed by atoms with Crippen molar-refractivity contribution in [2.24, 2.45) is 0 Å². The molecule has 0 N–H and O–H groups in total. The number of amides is 1. The Balaban J connectivity index is 2.17. The lowest BCUT2D eigenvalue weighted by Crippen LogP contribution is -2.26. The Morgan fingerprint density at radius 3 is 2.58 bits per heavy atom. The first-order chi connectivity index (χ1) is 9.08. The molecule has 0 saturated carbocycles. The van der Waals surface area contributed by atoms with Gasteiger partial charge in [0.25, 0.3) is 5.91 Å². The monoisotopic (exact) mass is 337 g/mol. The minimum absolute atomic E-state index is 0.0878.